The highest BCUT2D eigenvalue weighted by atomic mass is 15.3. The van der Waals surface area contributed by atoms with Crippen LogP contribution in [0.2, 0.25) is 0 Å². The third-order valence-corrected chi connectivity index (χ3v) is 2.63. The molecule has 1 aromatic rings. The fraction of sp³-hybridized carbons (Fsp3) is 0.750. The zero-order chi connectivity index (χ0) is 8.39. The van der Waals surface area contributed by atoms with Crippen LogP contribution in [0.15, 0.2) is 6.20 Å². The van der Waals surface area contributed by atoms with Gasteiger partial charge in [0.2, 0.25) is 0 Å². The molecular formula is C8H14N4. The van der Waals surface area contributed by atoms with E-state index in [0.29, 0.717) is 0 Å². The van der Waals surface area contributed by atoms with Crippen molar-refractivity contribution in [2.45, 2.75) is 31.7 Å². The number of hydrogen-bond donors (Lipinski definition) is 2. The number of nitrogens with zero attached hydrogens (tertiary/aromatic N) is 2. The molecule has 1 fully saturated rings. The highest BCUT2D eigenvalue weighted by molar-refractivity contribution is 4.99. The second-order valence-corrected chi connectivity index (χ2v) is 3.53. The Morgan fingerprint density at radius 1 is 1.67 bits per heavy atom. The SMILES string of the molecule is NC(CC1CCC1)c1cn[nH]n1. The van der Waals surface area contributed by atoms with Gasteiger partial charge in [-0.05, 0) is 12.3 Å². The molecule has 1 heterocycles. The number of aromatic nitrogens is 3. The molecule has 1 aromatic heterocycles. The highest BCUT2D eigenvalue weighted by Crippen LogP contribution is 2.33. The van der Waals surface area contributed by atoms with E-state index in [1.165, 1.54) is 19.3 Å². The van der Waals surface area contributed by atoms with Gasteiger partial charge in [0.25, 0.3) is 0 Å². The Labute approximate surface area is 71.5 Å². The predicted molar refractivity (Wildman–Crippen MR) is 45.3 cm³/mol. The number of nitrogens with one attached hydrogen (secondary N) is 1. The second kappa shape index (κ2) is 3.23. The van der Waals surface area contributed by atoms with E-state index in [4.69, 9.17) is 5.73 Å². The molecule has 0 aliphatic heterocycles. The van der Waals surface area contributed by atoms with Gasteiger partial charge in [0.05, 0.1) is 17.9 Å². The van der Waals surface area contributed by atoms with Crippen molar-refractivity contribution in [1.29, 1.82) is 0 Å². The fourth-order valence-electron chi connectivity index (χ4n) is 1.60. The molecular weight excluding hydrogens is 152 g/mol. The average molecular weight is 166 g/mol. The van der Waals surface area contributed by atoms with Crippen LogP contribution in [-0.2, 0) is 0 Å². The van der Waals surface area contributed by atoms with Gasteiger partial charge in [0.1, 0.15) is 0 Å². The first-order valence-corrected chi connectivity index (χ1v) is 4.47. The van der Waals surface area contributed by atoms with Crippen LogP contribution in [0.1, 0.15) is 37.4 Å². The molecule has 4 nitrogen and oxygen atoms in total. The lowest BCUT2D eigenvalue weighted by molar-refractivity contribution is 0.276. The van der Waals surface area contributed by atoms with Crippen LogP contribution in [0.4, 0.5) is 0 Å². The molecule has 0 bridgehead atoms. The molecule has 1 aliphatic rings. The van der Waals surface area contributed by atoms with Crippen LogP contribution in [0, 0.1) is 5.92 Å². The molecule has 1 saturated carbocycles. The lowest BCUT2D eigenvalue weighted by atomic mass is 9.80. The Morgan fingerprint density at radius 2 is 2.50 bits per heavy atom. The topological polar surface area (TPSA) is 67.6 Å². The molecule has 12 heavy (non-hydrogen) atoms. The summed E-state index contributed by atoms with van der Waals surface area (Å²) in [6.45, 7) is 0. The third kappa shape index (κ3) is 1.48. The highest BCUT2D eigenvalue weighted by Gasteiger charge is 2.21. The lowest BCUT2D eigenvalue weighted by Gasteiger charge is -2.27. The maximum atomic E-state index is 5.93. The summed E-state index contributed by atoms with van der Waals surface area (Å²) in [7, 11) is 0. The molecule has 3 N–H and O–H groups in total. The second-order valence-electron chi connectivity index (χ2n) is 3.53. The summed E-state index contributed by atoms with van der Waals surface area (Å²) in [5, 5.41) is 10.3. The quantitative estimate of drug-likeness (QED) is 0.703. The van der Waals surface area contributed by atoms with E-state index in [2.05, 4.69) is 15.4 Å². The van der Waals surface area contributed by atoms with E-state index < -0.39 is 0 Å². The zero-order valence-electron chi connectivity index (χ0n) is 7.03. The molecule has 0 aromatic carbocycles. The number of rotatable bonds is 3. The minimum atomic E-state index is 0.0778. The zero-order valence-corrected chi connectivity index (χ0v) is 7.03. The van der Waals surface area contributed by atoms with Crippen LogP contribution in [-0.4, -0.2) is 15.4 Å². The van der Waals surface area contributed by atoms with Gasteiger partial charge in [-0.25, -0.2) is 0 Å². The Bertz CT molecular complexity index is 227. The van der Waals surface area contributed by atoms with Crippen molar-refractivity contribution in [2.24, 2.45) is 11.7 Å². The Hall–Kier alpha value is -0.900. The molecule has 0 saturated heterocycles. The van der Waals surface area contributed by atoms with Gasteiger partial charge >= 0.3 is 0 Å². The monoisotopic (exact) mass is 166 g/mol. The largest absolute Gasteiger partial charge is 0.323 e. The number of hydrogen-bond acceptors (Lipinski definition) is 3. The minimum absolute atomic E-state index is 0.0778. The van der Waals surface area contributed by atoms with E-state index >= 15 is 0 Å². The van der Waals surface area contributed by atoms with Gasteiger partial charge in [-0.2, -0.15) is 15.4 Å². The molecule has 1 unspecified atom stereocenters. The van der Waals surface area contributed by atoms with Gasteiger partial charge in [0, 0.05) is 0 Å². The van der Waals surface area contributed by atoms with E-state index in [0.717, 1.165) is 18.0 Å². The van der Waals surface area contributed by atoms with Gasteiger partial charge in [-0.1, -0.05) is 19.3 Å². The number of H-pyrrole nitrogens is 1. The average Bonchev–Trinajstić information content (AvgIpc) is 2.47. The van der Waals surface area contributed by atoms with Crippen LogP contribution < -0.4 is 5.73 Å². The first-order chi connectivity index (χ1) is 5.86. The van der Waals surface area contributed by atoms with Gasteiger partial charge in [0.15, 0.2) is 0 Å². The van der Waals surface area contributed by atoms with Crippen molar-refractivity contribution in [2.75, 3.05) is 0 Å². The van der Waals surface area contributed by atoms with E-state index in [1.807, 2.05) is 0 Å². The van der Waals surface area contributed by atoms with Crippen molar-refractivity contribution >= 4 is 0 Å². The summed E-state index contributed by atoms with van der Waals surface area (Å²) in [6, 6.07) is 0.0778. The Kier molecular flexibility index (Phi) is 2.08. The maximum absolute atomic E-state index is 5.93. The molecule has 1 aliphatic carbocycles. The fourth-order valence-corrected chi connectivity index (χ4v) is 1.60. The van der Waals surface area contributed by atoms with Gasteiger partial charge in [-0.3, -0.25) is 0 Å². The van der Waals surface area contributed by atoms with E-state index in [-0.39, 0.29) is 6.04 Å². The number of nitrogens with two attached hydrogens (primary N) is 1. The van der Waals surface area contributed by atoms with E-state index in [1.54, 1.807) is 6.20 Å². The minimum Gasteiger partial charge on any atom is -0.323 e. The summed E-state index contributed by atoms with van der Waals surface area (Å²) < 4.78 is 0. The van der Waals surface area contributed by atoms with E-state index in [9.17, 15) is 0 Å². The van der Waals surface area contributed by atoms with Gasteiger partial charge in [-0.15, -0.1) is 0 Å². The smallest absolute Gasteiger partial charge is 0.0991 e. The molecule has 1 atom stereocenters. The van der Waals surface area contributed by atoms with Crippen LogP contribution >= 0.6 is 0 Å². The molecule has 0 amide bonds. The molecule has 4 heteroatoms. The molecule has 0 spiro atoms. The van der Waals surface area contributed by atoms with Crippen LogP contribution in [0.25, 0.3) is 0 Å². The van der Waals surface area contributed by atoms with Crippen LogP contribution in [0.3, 0.4) is 0 Å². The van der Waals surface area contributed by atoms with Crippen molar-refractivity contribution in [3.8, 4) is 0 Å². The van der Waals surface area contributed by atoms with Crippen molar-refractivity contribution in [3.05, 3.63) is 11.9 Å². The summed E-state index contributed by atoms with van der Waals surface area (Å²) in [4.78, 5) is 0. The first kappa shape index (κ1) is 7.73. The standard InChI is InChI=1S/C8H14N4/c9-7(4-6-2-1-3-6)8-5-10-12-11-8/h5-7H,1-4,9H2,(H,10,11,12). The summed E-state index contributed by atoms with van der Waals surface area (Å²) in [5.41, 5.74) is 6.82. The molecule has 0 radical (unpaired) electrons. The van der Waals surface area contributed by atoms with Crippen molar-refractivity contribution < 1.29 is 0 Å². The molecule has 2 rings (SSSR count). The van der Waals surface area contributed by atoms with Gasteiger partial charge < -0.3 is 5.73 Å². The third-order valence-electron chi connectivity index (χ3n) is 2.63. The van der Waals surface area contributed by atoms with Crippen molar-refractivity contribution in [1.82, 2.24) is 15.4 Å². The maximum Gasteiger partial charge on any atom is 0.0991 e. The Balaban J connectivity index is 1.87. The molecule has 66 valence electrons. The summed E-state index contributed by atoms with van der Waals surface area (Å²) in [5.74, 6) is 0.830. The summed E-state index contributed by atoms with van der Waals surface area (Å²) in [6.07, 6.45) is 6.82. The first-order valence-electron chi connectivity index (χ1n) is 4.47. The normalized spacial score (nSPS) is 20.4. The Morgan fingerprint density at radius 3 is 3.00 bits per heavy atom. The van der Waals surface area contributed by atoms with Crippen LogP contribution in [0.5, 0.6) is 0 Å². The number of aromatic amines is 1. The van der Waals surface area contributed by atoms with Crippen molar-refractivity contribution in [3.63, 3.8) is 0 Å². The lowest BCUT2D eigenvalue weighted by Crippen LogP contribution is -2.20. The predicted octanol–water partition coefficient (Wildman–Crippen LogP) is 0.995. The summed E-state index contributed by atoms with van der Waals surface area (Å²) >= 11 is 0.